The number of aromatic carboxylic acids is 1. The Kier molecular flexibility index (Phi) is 3.01. The summed E-state index contributed by atoms with van der Waals surface area (Å²) in [7, 11) is 0. The first-order valence-electron chi connectivity index (χ1n) is 5.13. The van der Waals surface area contributed by atoms with Crippen LogP contribution in [0.3, 0.4) is 0 Å². The van der Waals surface area contributed by atoms with E-state index in [9.17, 15) is 4.79 Å². The molecule has 5 nitrogen and oxygen atoms in total. The molecule has 0 radical (unpaired) electrons. The Hall–Kier alpha value is -1.36. The second kappa shape index (κ2) is 4.44. The molecule has 0 bridgehead atoms. The lowest BCUT2D eigenvalue weighted by atomic mass is 10.1. The number of aromatic nitrogens is 2. The molecular formula is C10H14N2O3. The number of hydrogen-bond acceptors (Lipinski definition) is 3. The van der Waals surface area contributed by atoms with Crippen LogP contribution in [0.25, 0.3) is 0 Å². The molecule has 1 aliphatic rings. The average Bonchev–Trinajstić information content (AvgIpc) is 2.68. The van der Waals surface area contributed by atoms with E-state index < -0.39 is 5.97 Å². The number of carboxylic acids is 1. The Bertz CT molecular complexity index is 342. The van der Waals surface area contributed by atoms with E-state index >= 15 is 0 Å². The third-order valence-electron chi connectivity index (χ3n) is 2.54. The van der Waals surface area contributed by atoms with Gasteiger partial charge >= 0.3 is 5.97 Å². The summed E-state index contributed by atoms with van der Waals surface area (Å²) >= 11 is 0. The summed E-state index contributed by atoms with van der Waals surface area (Å²) in [6.07, 6.45) is 6.42. The molecule has 1 saturated heterocycles. The zero-order valence-electron chi connectivity index (χ0n) is 8.43. The molecule has 1 fully saturated rings. The summed E-state index contributed by atoms with van der Waals surface area (Å²) in [4.78, 5) is 10.6. The van der Waals surface area contributed by atoms with Gasteiger partial charge in [-0.3, -0.25) is 4.68 Å². The fourth-order valence-electron chi connectivity index (χ4n) is 1.73. The van der Waals surface area contributed by atoms with Crippen LogP contribution in [-0.2, 0) is 11.3 Å². The van der Waals surface area contributed by atoms with Gasteiger partial charge in [0.25, 0.3) is 0 Å². The van der Waals surface area contributed by atoms with Gasteiger partial charge in [-0.1, -0.05) is 0 Å². The molecule has 1 aliphatic heterocycles. The summed E-state index contributed by atoms with van der Waals surface area (Å²) in [6, 6.07) is 0. The molecule has 1 unspecified atom stereocenters. The summed E-state index contributed by atoms with van der Waals surface area (Å²) in [5.74, 6) is -0.939. The van der Waals surface area contributed by atoms with Crippen LogP contribution in [0.5, 0.6) is 0 Å². The molecule has 5 heteroatoms. The van der Waals surface area contributed by atoms with Gasteiger partial charge in [-0.2, -0.15) is 5.10 Å². The third-order valence-corrected chi connectivity index (χ3v) is 2.54. The Morgan fingerprint density at radius 2 is 2.53 bits per heavy atom. The Balaban J connectivity index is 1.94. The van der Waals surface area contributed by atoms with Crippen LogP contribution < -0.4 is 0 Å². The van der Waals surface area contributed by atoms with E-state index in [4.69, 9.17) is 9.84 Å². The molecule has 1 aromatic rings. The number of carbonyl (C=O) groups is 1. The van der Waals surface area contributed by atoms with Crippen molar-refractivity contribution in [2.24, 2.45) is 0 Å². The van der Waals surface area contributed by atoms with E-state index in [0.717, 1.165) is 19.4 Å². The summed E-state index contributed by atoms with van der Waals surface area (Å²) in [6.45, 7) is 1.45. The normalized spacial score (nSPS) is 21.5. The second-order valence-corrected chi connectivity index (χ2v) is 3.74. The first-order valence-corrected chi connectivity index (χ1v) is 5.13. The van der Waals surface area contributed by atoms with Crippen molar-refractivity contribution >= 4 is 5.97 Å². The molecule has 0 saturated carbocycles. The van der Waals surface area contributed by atoms with Crippen molar-refractivity contribution in [3.8, 4) is 0 Å². The number of rotatable bonds is 3. The van der Waals surface area contributed by atoms with Crippen molar-refractivity contribution in [1.82, 2.24) is 9.78 Å². The molecule has 1 aromatic heterocycles. The van der Waals surface area contributed by atoms with Gasteiger partial charge in [0, 0.05) is 12.8 Å². The standard InChI is InChI=1S/C10H14N2O3/c13-10(14)8-5-11-12(6-8)7-9-3-1-2-4-15-9/h5-6,9H,1-4,7H2,(H,13,14). The average molecular weight is 210 g/mol. The van der Waals surface area contributed by atoms with E-state index in [1.807, 2.05) is 0 Å². The zero-order chi connectivity index (χ0) is 10.7. The molecule has 1 atom stereocenters. The van der Waals surface area contributed by atoms with Crippen LogP contribution in [-0.4, -0.2) is 33.6 Å². The van der Waals surface area contributed by atoms with Crippen molar-refractivity contribution < 1.29 is 14.6 Å². The molecule has 0 aliphatic carbocycles. The predicted octanol–water partition coefficient (Wildman–Crippen LogP) is 1.15. The van der Waals surface area contributed by atoms with E-state index in [1.54, 1.807) is 10.9 Å². The van der Waals surface area contributed by atoms with Crippen LogP contribution in [0.4, 0.5) is 0 Å². The highest BCUT2D eigenvalue weighted by molar-refractivity contribution is 5.86. The topological polar surface area (TPSA) is 64.3 Å². The van der Waals surface area contributed by atoms with Crippen LogP contribution in [0.2, 0.25) is 0 Å². The third kappa shape index (κ3) is 2.56. The minimum Gasteiger partial charge on any atom is -0.478 e. The maximum atomic E-state index is 10.6. The lowest BCUT2D eigenvalue weighted by Gasteiger charge is -2.22. The first-order chi connectivity index (χ1) is 7.25. The quantitative estimate of drug-likeness (QED) is 0.812. The summed E-state index contributed by atoms with van der Waals surface area (Å²) in [5.41, 5.74) is 0.228. The monoisotopic (exact) mass is 210 g/mol. The Morgan fingerprint density at radius 3 is 3.13 bits per heavy atom. The van der Waals surface area contributed by atoms with Crippen molar-refractivity contribution in [2.45, 2.75) is 31.9 Å². The molecule has 0 aromatic carbocycles. The first kappa shape index (κ1) is 10.2. The van der Waals surface area contributed by atoms with Crippen molar-refractivity contribution in [2.75, 3.05) is 6.61 Å². The number of hydrogen-bond donors (Lipinski definition) is 1. The molecule has 82 valence electrons. The van der Waals surface area contributed by atoms with Gasteiger partial charge in [0.15, 0.2) is 0 Å². The molecule has 1 N–H and O–H groups in total. The van der Waals surface area contributed by atoms with E-state index in [0.29, 0.717) is 6.54 Å². The van der Waals surface area contributed by atoms with E-state index in [1.165, 1.54) is 12.6 Å². The molecule has 0 spiro atoms. The van der Waals surface area contributed by atoms with Gasteiger partial charge in [0.1, 0.15) is 0 Å². The van der Waals surface area contributed by atoms with Crippen molar-refractivity contribution in [3.05, 3.63) is 18.0 Å². The Morgan fingerprint density at radius 1 is 1.67 bits per heavy atom. The highest BCUT2D eigenvalue weighted by Gasteiger charge is 2.15. The number of ether oxygens (including phenoxy) is 1. The summed E-state index contributed by atoms with van der Waals surface area (Å²) < 4.78 is 7.18. The lowest BCUT2D eigenvalue weighted by molar-refractivity contribution is 0.00396. The van der Waals surface area contributed by atoms with Crippen LogP contribution in [0.15, 0.2) is 12.4 Å². The van der Waals surface area contributed by atoms with Crippen molar-refractivity contribution in [1.29, 1.82) is 0 Å². The lowest BCUT2D eigenvalue weighted by Crippen LogP contribution is -2.24. The van der Waals surface area contributed by atoms with Gasteiger partial charge < -0.3 is 9.84 Å². The highest BCUT2D eigenvalue weighted by atomic mass is 16.5. The van der Waals surface area contributed by atoms with Gasteiger partial charge in [0.2, 0.25) is 0 Å². The van der Waals surface area contributed by atoms with Gasteiger partial charge in [-0.05, 0) is 19.3 Å². The van der Waals surface area contributed by atoms with Crippen molar-refractivity contribution in [3.63, 3.8) is 0 Å². The number of nitrogens with zero attached hydrogens (tertiary/aromatic N) is 2. The molecular weight excluding hydrogens is 196 g/mol. The van der Waals surface area contributed by atoms with Gasteiger partial charge in [-0.25, -0.2) is 4.79 Å². The van der Waals surface area contributed by atoms with Gasteiger partial charge in [0.05, 0.1) is 24.4 Å². The molecule has 0 amide bonds. The highest BCUT2D eigenvalue weighted by Crippen LogP contribution is 2.14. The van der Waals surface area contributed by atoms with Crippen LogP contribution >= 0.6 is 0 Å². The minimum atomic E-state index is -0.939. The van der Waals surface area contributed by atoms with E-state index in [-0.39, 0.29) is 11.7 Å². The predicted molar refractivity (Wildman–Crippen MR) is 52.8 cm³/mol. The smallest absolute Gasteiger partial charge is 0.338 e. The molecule has 15 heavy (non-hydrogen) atoms. The maximum Gasteiger partial charge on any atom is 0.338 e. The zero-order valence-corrected chi connectivity index (χ0v) is 8.43. The van der Waals surface area contributed by atoms with Crippen LogP contribution in [0.1, 0.15) is 29.6 Å². The fourth-order valence-corrected chi connectivity index (χ4v) is 1.73. The number of carboxylic acid groups (broad SMARTS) is 1. The fraction of sp³-hybridized carbons (Fsp3) is 0.600. The maximum absolute atomic E-state index is 10.6. The SMILES string of the molecule is O=C(O)c1cnn(CC2CCCCO2)c1. The minimum absolute atomic E-state index is 0.181. The largest absolute Gasteiger partial charge is 0.478 e. The molecule has 2 heterocycles. The molecule has 2 rings (SSSR count). The van der Waals surface area contributed by atoms with Crippen LogP contribution in [0, 0.1) is 0 Å². The van der Waals surface area contributed by atoms with E-state index in [2.05, 4.69) is 5.10 Å². The Labute approximate surface area is 87.7 Å². The summed E-state index contributed by atoms with van der Waals surface area (Å²) in [5, 5.41) is 12.7. The van der Waals surface area contributed by atoms with Gasteiger partial charge in [-0.15, -0.1) is 0 Å². The second-order valence-electron chi connectivity index (χ2n) is 3.74.